The van der Waals surface area contributed by atoms with Crippen LogP contribution < -0.4 is 10.6 Å². The number of carbonyl (C=O) groups excluding carboxylic acids is 2. The van der Waals surface area contributed by atoms with E-state index in [0.29, 0.717) is 23.0 Å². The summed E-state index contributed by atoms with van der Waals surface area (Å²) in [5.41, 5.74) is 2.04. The van der Waals surface area contributed by atoms with Gasteiger partial charge in [-0.15, -0.1) is 0 Å². The molecule has 2 aromatic carbocycles. The van der Waals surface area contributed by atoms with E-state index in [1.165, 1.54) is 0 Å². The van der Waals surface area contributed by atoms with Crippen LogP contribution in [0.2, 0.25) is 0 Å². The first-order chi connectivity index (χ1) is 13.1. The summed E-state index contributed by atoms with van der Waals surface area (Å²) in [6, 6.07) is 15.5. The molecule has 6 nitrogen and oxygen atoms in total. The van der Waals surface area contributed by atoms with E-state index in [-0.39, 0.29) is 0 Å². The van der Waals surface area contributed by atoms with Gasteiger partial charge in [-0.05, 0) is 52.4 Å². The molecule has 2 amide bonds. The molecule has 27 heavy (non-hydrogen) atoms. The van der Waals surface area contributed by atoms with Gasteiger partial charge in [0.1, 0.15) is 6.04 Å². The number of para-hydroxylation sites is 1. The molecule has 0 radical (unpaired) electrons. The van der Waals surface area contributed by atoms with E-state index in [1.807, 2.05) is 42.5 Å². The van der Waals surface area contributed by atoms with Gasteiger partial charge >= 0.3 is 0 Å². The average Bonchev–Trinajstić information content (AvgIpc) is 2.69. The minimum atomic E-state index is -1.03. The van der Waals surface area contributed by atoms with Crippen molar-refractivity contribution in [2.45, 2.75) is 12.6 Å². The van der Waals surface area contributed by atoms with Crippen molar-refractivity contribution in [3.63, 3.8) is 0 Å². The first-order valence-electron chi connectivity index (χ1n) is 8.36. The predicted molar refractivity (Wildman–Crippen MR) is 111 cm³/mol. The molecular weight excluding hydrogens is 457 g/mol. The molecule has 0 bridgehead atoms. The van der Waals surface area contributed by atoms with Gasteiger partial charge < -0.3 is 15.7 Å². The molecule has 0 aliphatic carbocycles. The third-order valence-corrected chi connectivity index (χ3v) is 4.72. The molecule has 3 aromatic rings. The van der Waals surface area contributed by atoms with Crippen LogP contribution in [0, 0.1) is 3.57 Å². The van der Waals surface area contributed by atoms with E-state index in [4.69, 9.17) is 0 Å². The van der Waals surface area contributed by atoms with Crippen LogP contribution >= 0.6 is 22.6 Å². The lowest BCUT2D eigenvalue weighted by molar-refractivity contribution is -0.124. The fourth-order valence-corrected chi connectivity index (χ4v) is 3.29. The Morgan fingerprint density at radius 2 is 1.93 bits per heavy atom. The largest absolute Gasteiger partial charge is 0.394 e. The number of pyridine rings is 1. The standard InChI is InChI=1S/C20H18IN3O3/c21-14-5-3-4-13(10-14)11-23-20(27)18(12-25)24-19(26)16-8-9-22-17-7-2-1-6-15(16)17/h1-10,18,25H,11-12H2,(H,23,27)(H,24,26). The molecule has 0 aliphatic rings. The molecule has 0 saturated heterocycles. The first-order valence-corrected chi connectivity index (χ1v) is 9.44. The first kappa shape index (κ1) is 19.2. The van der Waals surface area contributed by atoms with Crippen molar-refractivity contribution < 1.29 is 14.7 Å². The van der Waals surface area contributed by atoms with E-state index < -0.39 is 24.5 Å². The van der Waals surface area contributed by atoms with Crippen LogP contribution in [0.15, 0.2) is 60.8 Å². The van der Waals surface area contributed by atoms with Crippen LogP contribution in [0.1, 0.15) is 15.9 Å². The number of halogens is 1. The zero-order valence-corrected chi connectivity index (χ0v) is 16.5. The number of hydrogen-bond acceptors (Lipinski definition) is 4. The van der Waals surface area contributed by atoms with Crippen LogP contribution in [0.4, 0.5) is 0 Å². The van der Waals surface area contributed by atoms with E-state index in [1.54, 1.807) is 18.3 Å². The number of hydrogen-bond donors (Lipinski definition) is 3. The number of benzene rings is 2. The zero-order valence-electron chi connectivity index (χ0n) is 14.4. The Kier molecular flexibility index (Phi) is 6.36. The molecule has 138 valence electrons. The van der Waals surface area contributed by atoms with Crippen molar-refractivity contribution in [2.75, 3.05) is 6.61 Å². The molecule has 1 atom stereocenters. The zero-order chi connectivity index (χ0) is 19.2. The average molecular weight is 475 g/mol. The van der Waals surface area contributed by atoms with Crippen molar-refractivity contribution in [3.05, 3.63) is 75.5 Å². The van der Waals surface area contributed by atoms with Crippen LogP contribution in [0.3, 0.4) is 0 Å². The highest BCUT2D eigenvalue weighted by Crippen LogP contribution is 2.16. The Bertz CT molecular complexity index is 972. The molecule has 1 unspecified atom stereocenters. The van der Waals surface area contributed by atoms with Gasteiger partial charge in [-0.3, -0.25) is 14.6 Å². The lowest BCUT2D eigenvalue weighted by Gasteiger charge is -2.17. The fourth-order valence-electron chi connectivity index (χ4n) is 2.68. The van der Waals surface area contributed by atoms with Crippen molar-refractivity contribution in [1.82, 2.24) is 15.6 Å². The van der Waals surface area contributed by atoms with Gasteiger partial charge in [0, 0.05) is 21.7 Å². The van der Waals surface area contributed by atoms with Gasteiger partial charge in [0.25, 0.3) is 5.91 Å². The minimum absolute atomic E-state index is 0.320. The fraction of sp³-hybridized carbons (Fsp3) is 0.150. The lowest BCUT2D eigenvalue weighted by atomic mass is 10.1. The maximum atomic E-state index is 12.6. The molecule has 3 rings (SSSR count). The van der Waals surface area contributed by atoms with E-state index >= 15 is 0 Å². The Morgan fingerprint density at radius 1 is 1.11 bits per heavy atom. The van der Waals surface area contributed by atoms with Crippen molar-refractivity contribution in [2.24, 2.45) is 0 Å². The molecule has 1 aromatic heterocycles. The topological polar surface area (TPSA) is 91.3 Å². The number of rotatable bonds is 6. The molecule has 7 heteroatoms. The number of nitrogens with one attached hydrogen (secondary N) is 2. The van der Waals surface area contributed by atoms with Gasteiger partial charge in [-0.2, -0.15) is 0 Å². The molecule has 0 aliphatic heterocycles. The monoisotopic (exact) mass is 475 g/mol. The number of carbonyl (C=O) groups is 2. The lowest BCUT2D eigenvalue weighted by Crippen LogP contribution is -2.48. The van der Waals surface area contributed by atoms with Gasteiger partial charge in [0.2, 0.25) is 5.91 Å². The van der Waals surface area contributed by atoms with Gasteiger partial charge in [0.05, 0.1) is 17.7 Å². The molecule has 1 heterocycles. The highest BCUT2D eigenvalue weighted by atomic mass is 127. The minimum Gasteiger partial charge on any atom is -0.394 e. The summed E-state index contributed by atoms with van der Waals surface area (Å²) in [6.45, 7) is -0.173. The number of aromatic nitrogens is 1. The second-order valence-corrected chi connectivity index (χ2v) is 7.18. The van der Waals surface area contributed by atoms with Crippen LogP contribution in [0.5, 0.6) is 0 Å². The summed E-state index contributed by atoms with van der Waals surface area (Å²) >= 11 is 2.20. The maximum absolute atomic E-state index is 12.6. The van der Waals surface area contributed by atoms with Crippen LogP contribution in [-0.2, 0) is 11.3 Å². The van der Waals surface area contributed by atoms with Crippen LogP contribution in [-0.4, -0.2) is 34.6 Å². The predicted octanol–water partition coefficient (Wildman–Crippen LogP) is 2.25. The summed E-state index contributed by atoms with van der Waals surface area (Å²) in [7, 11) is 0. The number of fused-ring (bicyclic) bond motifs is 1. The quantitative estimate of drug-likeness (QED) is 0.477. The van der Waals surface area contributed by atoms with Crippen molar-refractivity contribution in [3.8, 4) is 0 Å². The van der Waals surface area contributed by atoms with Crippen LogP contribution in [0.25, 0.3) is 10.9 Å². The normalized spacial score (nSPS) is 11.8. The molecular formula is C20H18IN3O3. The number of nitrogens with zero attached hydrogens (tertiary/aromatic N) is 1. The summed E-state index contributed by atoms with van der Waals surface area (Å²) < 4.78 is 1.07. The van der Waals surface area contributed by atoms with E-state index in [9.17, 15) is 14.7 Å². The van der Waals surface area contributed by atoms with Gasteiger partial charge in [0.15, 0.2) is 0 Å². The highest BCUT2D eigenvalue weighted by molar-refractivity contribution is 14.1. The number of aliphatic hydroxyl groups is 1. The Balaban J connectivity index is 1.68. The van der Waals surface area contributed by atoms with E-state index in [0.717, 1.165) is 9.13 Å². The summed E-state index contributed by atoms with van der Waals surface area (Å²) in [5, 5.41) is 15.6. The second kappa shape index (κ2) is 8.92. The van der Waals surface area contributed by atoms with Gasteiger partial charge in [-0.1, -0.05) is 30.3 Å². The summed E-state index contributed by atoms with van der Waals surface area (Å²) in [5.74, 6) is -0.875. The van der Waals surface area contributed by atoms with E-state index in [2.05, 4.69) is 38.2 Å². The Hall–Kier alpha value is -2.52. The Labute approximate surface area is 170 Å². The third kappa shape index (κ3) is 4.81. The molecule has 0 fully saturated rings. The van der Waals surface area contributed by atoms with Crippen molar-refractivity contribution in [1.29, 1.82) is 0 Å². The summed E-state index contributed by atoms with van der Waals surface area (Å²) in [6.07, 6.45) is 1.54. The SMILES string of the molecule is O=C(NC(CO)C(=O)NCc1cccc(I)c1)c1ccnc2ccccc12. The molecule has 3 N–H and O–H groups in total. The van der Waals surface area contributed by atoms with Gasteiger partial charge in [-0.25, -0.2) is 0 Å². The molecule has 0 spiro atoms. The number of aliphatic hydroxyl groups excluding tert-OH is 1. The van der Waals surface area contributed by atoms with Crippen molar-refractivity contribution >= 4 is 45.3 Å². The number of amides is 2. The summed E-state index contributed by atoms with van der Waals surface area (Å²) in [4.78, 5) is 29.2. The second-order valence-electron chi connectivity index (χ2n) is 5.93. The maximum Gasteiger partial charge on any atom is 0.252 e. The smallest absolute Gasteiger partial charge is 0.252 e. The molecule has 0 saturated carbocycles. The third-order valence-electron chi connectivity index (χ3n) is 4.05. The Morgan fingerprint density at radius 3 is 2.70 bits per heavy atom. The highest BCUT2D eigenvalue weighted by Gasteiger charge is 2.21.